The van der Waals surface area contributed by atoms with Crippen LogP contribution in [0.3, 0.4) is 0 Å². The SMILES string of the molecule is CC(C)(C)c1ccc(OC[C@@H]2Cn3c(-c4ccc(=O)[nH]c4)cnc3O2)cc1. The predicted molar refractivity (Wildman–Crippen MR) is 103 cm³/mol. The van der Waals surface area contributed by atoms with Crippen molar-refractivity contribution in [3.05, 3.63) is 64.7 Å². The Morgan fingerprint density at radius 1 is 1.22 bits per heavy atom. The van der Waals surface area contributed by atoms with E-state index < -0.39 is 0 Å². The molecule has 1 atom stereocenters. The maximum absolute atomic E-state index is 11.3. The van der Waals surface area contributed by atoms with E-state index in [2.05, 4.69) is 42.9 Å². The van der Waals surface area contributed by atoms with E-state index >= 15 is 0 Å². The summed E-state index contributed by atoms with van der Waals surface area (Å²) < 4.78 is 13.8. The molecule has 0 saturated carbocycles. The van der Waals surface area contributed by atoms with Crippen LogP contribution in [0.5, 0.6) is 11.8 Å². The Hall–Kier alpha value is -3.02. The molecule has 140 valence electrons. The van der Waals surface area contributed by atoms with Crippen molar-refractivity contribution < 1.29 is 9.47 Å². The maximum atomic E-state index is 11.3. The molecule has 3 aromatic rings. The first-order chi connectivity index (χ1) is 12.9. The smallest absolute Gasteiger partial charge is 0.297 e. The van der Waals surface area contributed by atoms with Crippen molar-refractivity contribution in [1.29, 1.82) is 0 Å². The standard InChI is InChI=1S/C21H23N3O3/c1-21(2,3)15-5-7-16(8-6-15)26-13-17-12-24-18(11-23-20(24)27-17)14-4-9-19(25)22-10-14/h4-11,17H,12-13H2,1-3H3,(H,22,25)/t17-/m0/s1. The highest BCUT2D eigenvalue weighted by Crippen LogP contribution is 2.29. The van der Waals surface area contributed by atoms with Crippen molar-refractivity contribution in [1.82, 2.24) is 14.5 Å². The zero-order chi connectivity index (χ0) is 19.0. The van der Waals surface area contributed by atoms with Gasteiger partial charge in [0.15, 0.2) is 6.10 Å². The lowest BCUT2D eigenvalue weighted by Gasteiger charge is -2.19. The minimum absolute atomic E-state index is 0.0995. The Kier molecular flexibility index (Phi) is 4.26. The molecule has 0 fully saturated rings. The normalized spacial score (nSPS) is 16.0. The molecule has 0 bridgehead atoms. The molecule has 0 amide bonds. The summed E-state index contributed by atoms with van der Waals surface area (Å²) in [7, 11) is 0. The first-order valence-corrected chi connectivity index (χ1v) is 9.05. The number of hydrogen-bond donors (Lipinski definition) is 1. The summed E-state index contributed by atoms with van der Waals surface area (Å²) in [6.45, 7) is 7.68. The van der Waals surface area contributed by atoms with Crippen molar-refractivity contribution in [2.75, 3.05) is 6.61 Å². The van der Waals surface area contributed by atoms with Gasteiger partial charge in [0.1, 0.15) is 12.4 Å². The van der Waals surface area contributed by atoms with Gasteiger partial charge in [0.05, 0.1) is 18.4 Å². The van der Waals surface area contributed by atoms with Crippen LogP contribution in [-0.2, 0) is 12.0 Å². The first kappa shape index (κ1) is 17.4. The minimum atomic E-state index is -0.125. The van der Waals surface area contributed by atoms with E-state index in [0.29, 0.717) is 19.2 Å². The number of imidazole rings is 1. The van der Waals surface area contributed by atoms with Gasteiger partial charge in [-0.25, -0.2) is 4.98 Å². The molecule has 6 heteroatoms. The third-order valence-corrected chi connectivity index (χ3v) is 4.71. The van der Waals surface area contributed by atoms with E-state index in [1.165, 1.54) is 11.6 Å². The average molecular weight is 365 g/mol. The molecule has 1 N–H and O–H groups in total. The number of pyridine rings is 1. The van der Waals surface area contributed by atoms with Gasteiger partial charge < -0.3 is 14.5 Å². The van der Waals surface area contributed by atoms with Crippen LogP contribution in [0, 0.1) is 0 Å². The van der Waals surface area contributed by atoms with Gasteiger partial charge in [-0.15, -0.1) is 0 Å². The van der Waals surface area contributed by atoms with E-state index in [1.807, 2.05) is 16.7 Å². The molecular weight excluding hydrogens is 342 g/mol. The molecule has 6 nitrogen and oxygen atoms in total. The van der Waals surface area contributed by atoms with E-state index in [1.54, 1.807) is 18.5 Å². The van der Waals surface area contributed by atoms with Crippen molar-refractivity contribution in [3.8, 4) is 23.0 Å². The lowest BCUT2D eigenvalue weighted by atomic mass is 9.87. The largest absolute Gasteiger partial charge is 0.490 e. The molecule has 2 aromatic heterocycles. The molecular formula is C21H23N3O3. The topological polar surface area (TPSA) is 69.1 Å². The number of H-pyrrole nitrogens is 1. The van der Waals surface area contributed by atoms with Crippen molar-refractivity contribution in [2.24, 2.45) is 0 Å². The second-order valence-electron chi connectivity index (χ2n) is 7.80. The second kappa shape index (κ2) is 6.61. The van der Waals surface area contributed by atoms with Crippen LogP contribution in [0.1, 0.15) is 26.3 Å². The number of fused-ring (bicyclic) bond motifs is 1. The number of aromatic nitrogens is 3. The van der Waals surface area contributed by atoms with Gasteiger partial charge in [-0.2, -0.15) is 0 Å². The van der Waals surface area contributed by atoms with Crippen LogP contribution in [0.25, 0.3) is 11.3 Å². The van der Waals surface area contributed by atoms with Crippen LogP contribution in [0.4, 0.5) is 0 Å². The Morgan fingerprint density at radius 2 is 2.00 bits per heavy atom. The molecule has 1 aromatic carbocycles. The zero-order valence-electron chi connectivity index (χ0n) is 15.7. The summed E-state index contributed by atoms with van der Waals surface area (Å²) >= 11 is 0. The summed E-state index contributed by atoms with van der Waals surface area (Å²) in [6.07, 6.45) is 3.34. The van der Waals surface area contributed by atoms with Gasteiger partial charge in [-0.1, -0.05) is 32.9 Å². The van der Waals surface area contributed by atoms with Crippen molar-refractivity contribution >= 4 is 0 Å². The fourth-order valence-electron chi connectivity index (χ4n) is 3.15. The first-order valence-electron chi connectivity index (χ1n) is 9.05. The number of rotatable bonds is 4. The van der Waals surface area contributed by atoms with Gasteiger partial charge in [-0.05, 0) is 29.2 Å². The van der Waals surface area contributed by atoms with Crippen LogP contribution in [0.2, 0.25) is 0 Å². The van der Waals surface area contributed by atoms with Gasteiger partial charge in [-0.3, -0.25) is 9.36 Å². The summed E-state index contributed by atoms with van der Waals surface area (Å²) in [6, 6.07) is 12.1. The Bertz CT molecular complexity index is 976. The molecule has 0 saturated heterocycles. The van der Waals surface area contributed by atoms with E-state index in [9.17, 15) is 4.79 Å². The number of benzene rings is 1. The molecule has 0 spiro atoms. The van der Waals surface area contributed by atoms with Crippen molar-refractivity contribution in [3.63, 3.8) is 0 Å². The zero-order valence-corrected chi connectivity index (χ0v) is 15.7. The number of nitrogens with zero attached hydrogens (tertiary/aromatic N) is 2. The average Bonchev–Trinajstić information content (AvgIpc) is 3.21. The molecule has 0 radical (unpaired) electrons. The molecule has 3 heterocycles. The van der Waals surface area contributed by atoms with Crippen molar-refractivity contribution in [2.45, 2.75) is 38.8 Å². The van der Waals surface area contributed by atoms with Gasteiger partial charge >= 0.3 is 0 Å². The molecule has 0 aliphatic carbocycles. The number of hydrogen-bond acceptors (Lipinski definition) is 4. The lowest BCUT2D eigenvalue weighted by Crippen LogP contribution is -2.23. The van der Waals surface area contributed by atoms with E-state index in [4.69, 9.17) is 9.47 Å². The van der Waals surface area contributed by atoms with Gasteiger partial charge in [0, 0.05) is 17.8 Å². The van der Waals surface area contributed by atoms with Crippen LogP contribution in [0.15, 0.2) is 53.6 Å². The summed E-state index contributed by atoms with van der Waals surface area (Å²) in [5, 5.41) is 0. The lowest BCUT2D eigenvalue weighted by molar-refractivity contribution is 0.143. The number of aromatic amines is 1. The third kappa shape index (κ3) is 3.60. The van der Waals surface area contributed by atoms with Crippen LogP contribution < -0.4 is 15.0 Å². The highest BCUT2D eigenvalue weighted by molar-refractivity contribution is 5.58. The molecule has 1 aliphatic heterocycles. The van der Waals surface area contributed by atoms with Crippen LogP contribution >= 0.6 is 0 Å². The number of ether oxygens (including phenoxy) is 2. The second-order valence-corrected chi connectivity index (χ2v) is 7.80. The fourth-order valence-corrected chi connectivity index (χ4v) is 3.15. The highest BCUT2D eigenvalue weighted by Gasteiger charge is 2.27. The Balaban J connectivity index is 1.41. The van der Waals surface area contributed by atoms with E-state index in [0.717, 1.165) is 17.0 Å². The maximum Gasteiger partial charge on any atom is 0.297 e. The highest BCUT2D eigenvalue weighted by atomic mass is 16.6. The van der Waals surface area contributed by atoms with Gasteiger partial charge in [0.2, 0.25) is 5.56 Å². The molecule has 4 rings (SSSR count). The monoisotopic (exact) mass is 365 g/mol. The van der Waals surface area contributed by atoms with Gasteiger partial charge in [0.25, 0.3) is 6.01 Å². The quantitative estimate of drug-likeness (QED) is 0.770. The summed E-state index contributed by atoms with van der Waals surface area (Å²) in [5.74, 6) is 0.831. The Labute approximate surface area is 157 Å². The predicted octanol–water partition coefficient (Wildman–Crippen LogP) is 3.38. The molecule has 27 heavy (non-hydrogen) atoms. The summed E-state index contributed by atoms with van der Waals surface area (Å²) in [4.78, 5) is 18.3. The summed E-state index contributed by atoms with van der Waals surface area (Å²) in [5.41, 5.74) is 3.09. The minimum Gasteiger partial charge on any atom is -0.490 e. The molecule has 0 unspecified atom stereocenters. The van der Waals surface area contributed by atoms with E-state index in [-0.39, 0.29) is 17.1 Å². The number of nitrogens with one attached hydrogen (secondary N) is 1. The Morgan fingerprint density at radius 3 is 2.67 bits per heavy atom. The fraction of sp³-hybridized carbons (Fsp3) is 0.333. The molecule has 1 aliphatic rings. The third-order valence-electron chi connectivity index (χ3n) is 4.71. The van der Waals surface area contributed by atoms with Crippen LogP contribution in [-0.4, -0.2) is 27.2 Å².